The monoisotopic (exact) mass is 305 g/mol. The third-order valence-corrected chi connectivity index (χ3v) is 3.80. The highest BCUT2D eigenvalue weighted by Gasteiger charge is 2.26. The van der Waals surface area contributed by atoms with Crippen molar-refractivity contribution in [1.29, 1.82) is 0 Å². The predicted molar refractivity (Wildman–Crippen MR) is 82.8 cm³/mol. The number of ether oxygens (including phenoxy) is 3. The molecule has 2 aliphatic rings. The van der Waals surface area contributed by atoms with Crippen LogP contribution in [0.25, 0.3) is 0 Å². The molecule has 2 heterocycles. The van der Waals surface area contributed by atoms with Crippen LogP contribution in [0.2, 0.25) is 0 Å². The first-order valence-electron chi connectivity index (χ1n) is 7.84. The van der Waals surface area contributed by atoms with E-state index < -0.39 is 5.60 Å². The molecule has 0 saturated heterocycles. The van der Waals surface area contributed by atoms with Crippen LogP contribution in [0.3, 0.4) is 0 Å². The van der Waals surface area contributed by atoms with Crippen molar-refractivity contribution >= 4 is 6.09 Å². The van der Waals surface area contributed by atoms with E-state index in [1.165, 1.54) is 16.7 Å². The van der Waals surface area contributed by atoms with Crippen molar-refractivity contribution < 1.29 is 19.0 Å². The van der Waals surface area contributed by atoms with Crippen LogP contribution in [-0.4, -0.2) is 31.5 Å². The third kappa shape index (κ3) is 3.13. The molecule has 1 aromatic carbocycles. The Kier molecular flexibility index (Phi) is 3.89. The van der Waals surface area contributed by atoms with Crippen molar-refractivity contribution in [3.63, 3.8) is 0 Å². The van der Waals surface area contributed by atoms with Crippen LogP contribution in [0.1, 0.15) is 37.5 Å². The summed E-state index contributed by atoms with van der Waals surface area (Å²) in [5.74, 6) is 1.98. The molecule has 0 atom stereocenters. The highest BCUT2D eigenvalue weighted by atomic mass is 16.6. The van der Waals surface area contributed by atoms with Crippen LogP contribution in [0.4, 0.5) is 4.79 Å². The number of hydrogen-bond acceptors (Lipinski definition) is 4. The van der Waals surface area contributed by atoms with Crippen LogP contribution in [-0.2, 0) is 24.0 Å². The van der Waals surface area contributed by atoms with Gasteiger partial charge < -0.3 is 19.5 Å². The number of amides is 1. The van der Waals surface area contributed by atoms with Crippen LogP contribution < -0.4 is 14.8 Å². The number of hydrogen-bond donors (Lipinski definition) is 1. The SMILES string of the molecule is CC(C)(C)OC(=O)NCCc1c2c(cc3c1OCC3)OCC2. The lowest BCUT2D eigenvalue weighted by molar-refractivity contribution is 0.0528. The van der Waals surface area contributed by atoms with Gasteiger partial charge in [0.25, 0.3) is 0 Å². The maximum Gasteiger partial charge on any atom is 0.407 e. The first-order chi connectivity index (χ1) is 10.4. The zero-order valence-electron chi connectivity index (χ0n) is 13.5. The molecule has 120 valence electrons. The van der Waals surface area contributed by atoms with Crippen molar-refractivity contribution in [2.75, 3.05) is 19.8 Å². The van der Waals surface area contributed by atoms with E-state index in [4.69, 9.17) is 14.2 Å². The minimum atomic E-state index is -0.476. The van der Waals surface area contributed by atoms with E-state index in [2.05, 4.69) is 11.4 Å². The second-order valence-electron chi connectivity index (χ2n) is 6.70. The van der Waals surface area contributed by atoms with Crippen molar-refractivity contribution in [3.05, 3.63) is 22.8 Å². The lowest BCUT2D eigenvalue weighted by Gasteiger charge is -2.20. The molecular weight excluding hydrogens is 282 g/mol. The summed E-state index contributed by atoms with van der Waals surface area (Å²) in [6.45, 7) is 7.55. The first-order valence-corrected chi connectivity index (χ1v) is 7.84. The largest absolute Gasteiger partial charge is 0.493 e. The molecule has 2 aliphatic heterocycles. The van der Waals surface area contributed by atoms with E-state index in [9.17, 15) is 4.79 Å². The Morgan fingerprint density at radius 2 is 2.05 bits per heavy atom. The molecule has 3 rings (SSSR count). The molecule has 0 aliphatic carbocycles. The van der Waals surface area contributed by atoms with Crippen LogP contribution >= 0.6 is 0 Å². The van der Waals surface area contributed by atoms with Gasteiger partial charge in [0.15, 0.2) is 0 Å². The predicted octanol–water partition coefficient (Wildman–Crippen LogP) is 2.62. The molecule has 5 heteroatoms. The lowest BCUT2D eigenvalue weighted by atomic mass is 9.97. The van der Waals surface area contributed by atoms with Gasteiger partial charge in [-0.15, -0.1) is 0 Å². The summed E-state index contributed by atoms with van der Waals surface area (Å²) in [5, 5.41) is 2.81. The fraction of sp³-hybridized carbons (Fsp3) is 0.588. The van der Waals surface area contributed by atoms with Gasteiger partial charge in [0.1, 0.15) is 17.1 Å². The van der Waals surface area contributed by atoms with E-state index in [1.807, 2.05) is 20.8 Å². The quantitative estimate of drug-likeness (QED) is 0.932. The Morgan fingerprint density at radius 1 is 1.27 bits per heavy atom. The van der Waals surface area contributed by atoms with Crippen molar-refractivity contribution in [2.24, 2.45) is 0 Å². The van der Waals surface area contributed by atoms with Crippen LogP contribution in [0, 0.1) is 0 Å². The van der Waals surface area contributed by atoms with E-state index in [-0.39, 0.29) is 6.09 Å². The fourth-order valence-electron chi connectivity index (χ4n) is 2.95. The molecule has 1 amide bonds. The second kappa shape index (κ2) is 5.71. The number of alkyl carbamates (subject to hydrolysis) is 1. The van der Waals surface area contributed by atoms with Crippen LogP contribution in [0.5, 0.6) is 11.5 Å². The summed E-state index contributed by atoms with van der Waals surface area (Å²) in [4.78, 5) is 11.7. The van der Waals surface area contributed by atoms with Crippen molar-refractivity contribution in [1.82, 2.24) is 5.32 Å². The van der Waals surface area contributed by atoms with Gasteiger partial charge in [0.2, 0.25) is 0 Å². The average molecular weight is 305 g/mol. The molecule has 0 radical (unpaired) electrons. The molecule has 0 unspecified atom stereocenters. The lowest BCUT2D eigenvalue weighted by Crippen LogP contribution is -2.33. The van der Waals surface area contributed by atoms with E-state index in [0.29, 0.717) is 6.54 Å². The van der Waals surface area contributed by atoms with Gasteiger partial charge in [-0.3, -0.25) is 0 Å². The summed E-state index contributed by atoms with van der Waals surface area (Å²) >= 11 is 0. The standard InChI is InChI=1S/C17H23NO4/c1-17(2,3)22-16(19)18-7-4-13-12-6-9-20-14(12)10-11-5-8-21-15(11)13/h10H,4-9H2,1-3H3,(H,18,19). The molecular formula is C17H23NO4. The van der Waals surface area contributed by atoms with Gasteiger partial charge in [-0.1, -0.05) is 0 Å². The highest BCUT2D eigenvalue weighted by Crippen LogP contribution is 2.40. The summed E-state index contributed by atoms with van der Waals surface area (Å²) in [7, 11) is 0. The Bertz CT molecular complexity index is 557. The van der Waals surface area contributed by atoms with E-state index >= 15 is 0 Å². The summed E-state index contributed by atoms with van der Waals surface area (Å²) < 4.78 is 16.7. The summed E-state index contributed by atoms with van der Waals surface area (Å²) in [6.07, 6.45) is 2.19. The normalized spacial score (nSPS) is 15.6. The number of rotatable bonds is 3. The second-order valence-corrected chi connectivity index (χ2v) is 6.70. The summed E-state index contributed by atoms with van der Waals surface area (Å²) in [5.41, 5.74) is 3.15. The molecule has 22 heavy (non-hydrogen) atoms. The Labute approximate surface area is 130 Å². The van der Waals surface area contributed by atoms with Crippen molar-refractivity contribution in [2.45, 2.75) is 45.6 Å². The minimum Gasteiger partial charge on any atom is -0.493 e. The van der Waals surface area contributed by atoms with Gasteiger partial charge in [-0.25, -0.2) is 4.79 Å². The van der Waals surface area contributed by atoms with Gasteiger partial charge in [-0.05, 0) is 33.3 Å². The maximum atomic E-state index is 11.7. The molecule has 0 saturated carbocycles. The molecule has 0 fully saturated rings. The van der Waals surface area contributed by atoms with Gasteiger partial charge in [-0.2, -0.15) is 0 Å². The molecule has 0 aromatic heterocycles. The van der Waals surface area contributed by atoms with E-state index in [1.54, 1.807) is 0 Å². The topological polar surface area (TPSA) is 56.8 Å². The third-order valence-electron chi connectivity index (χ3n) is 3.80. The molecule has 1 aromatic rings. The molecule has 0 bridgehead atoms. The average Bonchev–Trinajstić information content (AvgIpc) is 3.03. The fourth-order valence-corrected chi connectivity index (χ4v) is 2.95. The first kappa shape index (κ1) is 15.0. The van der Waals surface area contributed by atoms with E-state index in [0.717, 1.165) is 44.0 Å². The number of carbonyl (C=O) groups is 1. The van der Waals surface area contributed by atoms with Gasteiger partial charge >= 0.3 is 6.09 Å². The number of fused-ring (bicyclic) bond motifs is 2. The van der Waals surface area contributed by atoms with Crippen molar-refractivity contribution in [3.8, 4) is 11.5 Å². The smallest absolute Gasteiger partial charge is 0.407 e. The molecule has 1 N–H and O–H groups in total. The number of nitrogens with one attached hydrogen (secondary N) is 1. The Morgan fingerprint density at radius 3 is 2.82 bits per heavy atom. The minimum absolute atomic E-state index is 0.381. The Balaban J connectivity index is 1.67. The van der Waals surface area contributed by atoms with Gasteiger partial charge in [0.05, 0.1) is 13.2 Å². The highest BCUT2D eigenvalue weighted by molar-refractivity contribution is 5.67. The molecule has 0 spiro atoms. The zero-order valence-corrected chi connectivity index (χ0v) is 13.5. The maximum absolute atomic E-state index is 11.7. The summed E-state index contributed by atoms with van der Waals surface area (Å²) in [6, 6.07) is 2.11. The zero-order chi connectivity index (χ0) is 15.7. The molecule has 5 nitrogen and oxygen atoms in total. The Hall–Kier alpha value is -1.91. The van der Waals surface area contributed by atoms with Gasteiger partial charge in [0, 0.05) is 36.1 Å². The van der Waals surface area contributed by atoms with Crippen LogP contribution in [0.15, 0.2) is 6.07 Å². The number of carbonyl (C=O) groups excluding carboxylic acids is 1. The number of benzene rings is 1.